The van der Waals surface area contributed by atoms with Crippen molar-refractivity contribution in [2.24, 2.45) is 0 Å². The third kappa shape index (κ3) is 3.35. The van der Waals surface area contributed by atoms with Crippen LogP contribution in [0.15, 0.2) is 48.5 Å². The predicted octanol–water partition coefficient (Wildman–Crippen LogP) is 3.23. The van der Waals surface area contributed by atoms with E-state index >= 15 is 0 Å². The van der Waals surface area contributed by atoms with Crippen LogP contribution in [0.25, 0.3) is 0 Å². The summed E-state index contributed by atoms with van der Waals surface area (Å²) < 4.78 is 17.2. The zero-order valence-corrected chi connectivity index (χ0v) is 15.3. The second kappa shape index (κ2) is 6.32. The van der Waals surface area contributed by atoms with Gasteiger partial charge in [-0.15, -0.1) is 0 Å². The summed E-state index contributed by atoms with van der Waals surface area (Å²) in [5.41, 5.74) is 1.41. The van der Waals surface area contributed by atoms with E-state index in [1.165, 1.54) is 0 Å². The van der Waals surface area contributed by atoms with Crippen LogP contribution in [0.5, 0.6) is 5.75 Å². The van der Waals surface area contributed by atoms with Crippen molar-refractivity contribution in [3.63, 3.8) is 0 Å². The summed E-state index contributed by atoms with van der Waals surface area (Å²) in [6, 6.07) is 14.5. The average molecular weight is 338 g/mol. The Bertz CT molecular complexity index is 747. The maximum atomic E-state index is 12.6. The van der Waals surface area contributed by atoms with Crippen molar-refractivity contribution >= 4 is 18.4 Å². The second-order valence-electron chi connectivity index (χ2n) is 7.27. The topological polar surface area (TPSA) is 44.8 Å². The molecule has 0 bridgehead atoms. The monoisotopic (exact) mass is 338 g/mol. The Labute approximate surface area is 149 Å². The van der Waals surface area contributed by atoms with E-state index in [0.717, 1.165) is 11.2 Å². The van der Waals surface area contributed by atoms with Crippen molar-refractivity contribution in [3.8, 4) is 5.75 Å². The summed E-state index contributed by atoms with van der Waals surface area (Å²) in [7, 11) is 1.18. The van der Waals surface area contributed by atoms with Gasteiger partial charge in [-0.25, -0.2) is 0 Å². The number of hydrogen-bond donors (Lipinski definition) is 0. The number of benzene rings is 2. The lowest BCUT2D eigenvalue weighted by Gasteiger charge is -2.32. The van der Waals surface area contributed by atoms with Crippen molar-refractivity contribution in [2.75, 3.05) is 7.11 Å². The van der Waals surface area contributed by atoms with Crippen LogP contribution >= 0.6 is 0 Å². The standard InChI is InChI=1S/C20H23BO4/c1-19(2)20(3,4)25-21(24-19)16-10-6-14(7-11-16)18(22)15-8-12-17(23-5)13-9-15/h6-13H,1-5H3. The Kier molecular flexibility index (Phi) is 4.48. The number of methoxy groups -OCH3 is 1. The zero-order valence-electron chi connectivity index (χ0n) is 15.3. The fourth-order valence-corrected chi connectivity index (χ4v) is 2.68. The quantitative estimate of drug-likeness (QED) is 0.634. The van der Waals surface area contributed by atoms with E-state index in [1.807, 2.05) is 52.0 Å². The molecule has 3 rings (SSSR count). The van der Waals surface area contributed by atoms with Crippen molar-refractivity contribution in [1.29, 1.82) is 0 Å². The molecule has 2 aromatic carbocycles. The molecule has 5 heteroatoms. The molecule has 1 saturated heterocycles. The minimum Gasteiger partial charge on any atom is -0.497 e. The lowest BCUT2D eigenvalue weighted by atomic mass is 9.78. The molecule has 0 atom stereocenters. The van der Waals surface area contributed by atoms with Gasteiger partial charge in [0, 0.05) is 11.1 Å². The normalized spacial score (nSPS) is 18.2. The Morgan fingerprint density at radius 3 is 1.72 bits per heavy atom. The average Bonchev–Trinajstić information content (AvgIpc) is 2.82. The van der Waals surface area contributed by atoms with Gasteiger partial charge in [0.2, 0.25) is 0 Å². The van der Waals surface area contributed by atoms with Crippen LogP contribution in [0, 0.1) is 0 Å². The molecule has 130 valence electrons. The van der Waals surface area contributed by atoms with Gasteiger partial charge in [0.1, 0.15) is 5.75 Å². The van der Waals surface area contributed by atoms with Crippen molar-refractivity contribution in [3.05, 3.63) is 59.7 Å². The molecule has 0 spiro atoms. The fourth-order valence-electron chi connectivity index (χ4n) is 2.68. The molecular weight excluding hydrogens is 315 g/mol. The van der Waals surface area contributed by atoms with Crippen LogP contribution in [0.4, 0.5) is 0 Å². The van der Waals surface area contributed by atoms with Crippen LogP contribution in [0.3, 0.4) is 0 Å². The van der Waals surface area contributed by atoms with Crippen LogP contribution in [0.2, 0.25) is 0 Å². The molecule has 0 unspecified atom stereocenters. The summed E-state index contributed by atoms with van der Waals surface area (Å²) in [6.07, 6.45) is 0. The van der Waals surface area contributed by atoms with E-state index < -0.39 is 7.12 Å². The van der Waals surface area contributed by atoms with Crippen molar-refractivity contribution in [2.45, 2.75) is 38.9 Å². The van der Waals surface area contributed by atoms with Gasteiger partial charge in [0.15, 0.2) is 5.78 Å². The molecule has 0 amide bonds. The van der Waals surface area contributed by atoms with Gasteiger partial charge in [0.05, 0.1) is 18.3 Å². The minimum atomic E-state index is -0.421. The number of hydrogen-bond acceptors (Lipinski definition) is 4. The highest BCUT2D eigenvalue weighted by atomic mass is 16.7. The highest BCUT2D eigenvalue weighted by Crippen LogP contribution is 2.36. The predicted molar refractivity (Wildman–Crippen MR) is 98.6 cm³/mol. The summed E-state index contributed by atoms with van der Waals surface area (Å²) in [6.45, 7) is 8.09. The van der Waals surface area contributed by atoms with Crippen LogP contribution in [-0.2, 0) is 9.31 Å². The summed E-state index contributed by atoms with van der Waals surface area (Å²) in [4.78, 5) is 12.6. The molecule has 0 aromatic heterocycles. The first-order valence-electron chi connectivity index (χ1n) is 8.38. The fraction of sp³-hybridized carbons (Fsp3) is 0.350. The van der Waals surface area contributed by atoms with E-state index in [0.29, 0.717) is 11.1 Å². The molecule has 2 aromatic rings. The first kappa shape index (κ1) is 17.7. The van der Waals surface area contributed by atoms with E-state index in [2.05, 4.69) is 0 Å². The molecule has 1 heterocycles. The lowest BCUT2D eigenvalue weighted by Crippen LogP contribution is -2.41. The molecule has 0 saturated carbocycles. The highest BCUT2D eigenvalue weighted by molar-refractivity contribution is 6.62. The molecule has 0 aliphatic carbocycles. The highest BCUT2D eigenvalue weighted by Gasteiger charge is 2.51. The Morgan fingerprint density at radius 2 is 1.28 bits per heavy atom. The van der Waals surface area contributed by atoms with Crippen molar-refractivity contribution in [1.82, 2.24) is 0 Å². The lowest BCUT2D eigenvalue weighted by molar-refractivity contribution is 0.00578. The molecule has 25 heavy (non-hydrogen) atoms. The van der Waals surface area contributed by atoms with Crippen molar-refractivity contribution < 1.29 is 18.8 Å². The van der Waals surface area contributed by atoms with E-state index in [4.69, 9.17) is 14.0 Å². The first-order chi connectivity index (χ1) is 11.7. The largest absolute Gasteiger partial charge is 0.497 e. The summed E-state index contributed by atoms with van der Waals surface area (Å²) >= 11 is 0. The Hall–Kier alpha value is -2.11. The molecular formula is C20H23BO4. The molecule has 4 nitrogen and oxygen atoms in total. The minimum absolute atomic E-state index is 0.0249. The summed E-state index contributed by atoms with van der Waals surface area (Å²) in [5.74, 6) is 0.704. The van der Waals surface area contributed by atoms with E-state index in [1.54, 1.807) is 31.4 Å². The molecule has 1 fully saturated rings. The third-order valence-electron chi connectivity index (χ3n) is 5.05. The van der Waals surface area contributed by atoms with Gasteiger partial charge >= 0.3 is 7.12 Å². The molecule has 1 aliphatic rings. The molecule has 0 radical (unpaired) electrons. The Morgan fingerprint density at radius 1 is 0.840 bits per heavy atom. The zero-order chi connectivity index (χ0) is 18.2. The van der Waals surface area contributed by atoms with E-state index in [9.17, 15) is 4.79 Å². The van der Waals surface area contributed by atoms with Crippen LogP contribution < -0.4 is 10.2 Å². The molecule has 1 aliphatic heterocycles. The van der Waals surface area contributed by atoms with Gasteiger partial charge in [-0.3, -0.25) is 4.79 Å². The first-order valence-corrected chi connectivity index (χ1v) is 8.38. The summed E-state index contributed by atoms with van der Waals surface area (Å²) in [5, 5.41) is 0. The third-order valence-corrected chi connectivity index (χ3v) is 5.05. The number of carbonyl (C=O) groups is 1. The van der Waals surface area contributed by atoms with Crippen LogP contribution in [-0.4, -0.2) is 31.2 Å². The number of carbonyl (C=O) groups excluding carboxylic acids is 1. The van der Waals surface area contributed by atoms with E-state index in [-0.39, 0.29) is 17.0 Å². The van der Waals surface area contributed by atoms with Gasteiger partial charge < -0.3 is 14.0 Å². The SMILES string of the molecule is COc1ccc(C(=O)c2ccc(B3OC(C)(C)C(C)(C)O3)cc2)cc1. The number of ketones is 1. The molecule has 0 N–H and O–H groups in total. The maximum absolute atomic E-state index is 12.6. The maximum Gasteiger partial charge on any atom is 0.494 e. The van der Waals surface area contributed by atoms with Gasteiger partial charge in [-0.1, -0.05) is 24.3 Å². The van der Waals surface area contributed by atoms with Gasteiger partial charge in [-0.2, -0.15) is 0 Å². The van der Waals surface area contributed by atoms with Gasteiger partial charge in [-0.05, 0) is 57.4 Å². The van der Waals surface area contributed by atoms with Crippen LogP contribution in [0.1, 0.15) is 43.6 Å². The Balaban J connectivity index is 1.77. The number of rotatable bonds is 4. The smallest absolute Gasteiger partial charge is 0.494 e. The van der Waals surface area contributed by atoms with Gasteiger partial charge in [0.25, 0.3) is 0 Å². The second-order valence-corrected chi connectivity index (χ2v) is 7.27. The number of ether oxygens (including phenoxy) is 1.